The summed E-state index contributed by atoms with van der Waals surface area (Å²) in [5.41, 5.74) is 0.165. The summed E-state index contributed by atoms with van der Waals surface area (Å²) >= 11 is 12.8. The minimum atomic E-state index is -0.671. The lowest BCUT2D eigenvalue weighted by atomic mass is 10.2. The largest absolute Gasteiger partial charge is 0.465 e. The van der Waals surface area contributed by atoms with Crippen molar-refractivity contribution < 1.29 is 19.1 Å². The van der Waals surface area contributed by atoms with E-state index in [1.807, 2.05) is 0 Å². The van der Waals surface area contributed by atoms with Gasteiger partial charge in [-0.2, -0.15) is 0 Å². The normalized spacial score (nSPS) is 10.2. The molecule has 1 aromatic heterocycles. The number of ether oxygens (including phenoxy) is 2. The fourth-order valence-corrected chi connectivity index (χ4v) is 2.65. The molecule has 4 nitrogen and oxygen atoms in total. The van der Waals surface area contributed by atoms with E-state index in [9.17, 15) is 9.59 Å². The molecule has 7 heteroatoms. The van der Waals surface area contributed by atoms with Crippen molar-refractivity contribution in [3.8, 4) is 5.75 Å². The first kappa shape index (κ1) is 14.8. The highest BCUT2D eigenvalue weighted by Crippen LogP contribution is 2.28. The van der Waals surface area contributed by atoms with Crippen LogP contribution in [0.15, 0.2) is 29.6 Å². The summed E-state index contributed by atoms with van der Waals surface area (Å²) in [7, 11) is 1.25. The lowest BCUT2D eigenvalue weighted by Crippen LogP contribution is -2.11. The maximum Gasteiger partial charge on any atom is 0.351 e. The Balaban J connectivity index is 2.24. The van der Waals surface area contributed by atoms with Gasteiger partial charge in [-0.25, -0.2) is 9.59 Å². The van der Waals surface area contributed by atoms with Gasteiger partial charge in [-0.1, -0.05) is 23.2 Å². The molecule has 2 rings (SSSR count). The van der Waals surface area contributed by atoms with Crippen LogP contribution >= 0.6 is 34.5 Å². The highest BCUT2D eigenvalue weighted by molar-refractivity contribution is 7.12. The summed E-state index contributed by atoms with van der Waals surface area (Å²) in [4.78, 5) is 23.7. The molecule has 2 aromatic rings. The number of halogens is 2. The second-order valence-electron chi connectivity index (χ2n) is 3.62. The molecule has 0 spiro atoms. The maximum atomic E-state index is 12.0. The zero-order chi connectivity index (χ0) is 14.7. The Morgan fingerprint density at radius 2 is 1.90 bits per heavy atom. The molecular formula is C13H8Cl2O4S. The first-order valence-corrected chi connectivity index (χ1v) is 6.99. The molecule has 0 aliphatic rings. The Bertz CT molecular complexity index is 666. The summed E-state index contributed by atoms with van der Waals surface area (Å²) in [6.45, 7) is 0. The van der Waals surface area contributed by atoms with Crippen LogP contribution in [0.4, 0.5) is 0 Å². The Morgan fingerprint density at radius 1 is 1.15 bits per heavy atom. The molecule has 0 amide bonds. The summed E-state index contributed by atoms with van der Waals surface area (Å²) < 4.78 is 9.76. The molecule has 1 heterocycles. The van der Waals surface area contributed by atoms with Crippen molar-refractivity contribution in [3.63, 3.8) is 0 Å². The second-order valence-corrected chi connectivity index (χ2v) is 5.38. The molecule has 0 saturated carbocycles. The van der Waals surface area contributed by atoms with Crippen LogP contribution in [0.2, 0.25) is 10.0 Å². The SMILES string of the molecule is COC(=O)c1sccc1OC(=O)c1ccc(Cl)cc1Cl. The van der Waals surface area contributed by atoms with E-state index in [-0.39, 0.29) is 21.2 Å². The molecule has 20 heavy (non-hydrogen) atoms. The van der Waals surface area contributed by atoms with Crippen LogP contribution in [0.5, 0.6) is 5.75 Å². The van der Waals surface area contributed by atoms with Crippen LogP contribution in [0, 0.1) is 0 Å². The summed E-state index contributed by atoms with van der Waals surface area (Å²) in [6.07, 6.45) is 0. The van der Waals surface area contributed by atoms with Crippen molar-refractivity contribution >= 4 is 46.5 Å². The number of thiophene rings is 1. The first-order chi connectivity index (χ1) is 9.52. The molecule has 0 bridgehead atoms. The van der Waals surface area contributed by atoms with E-state index in [0.29, 0.717) is 5.02 Å². The third kappa shape index (κ3) is 3.12. The number of benzene rings is 1. The van der Waals surface area contributed by atoms with E-state index in [0.717, 1.165) is 11.3 Å². The average Bonchev–Trinajstić information content (AvgIpc) is 2.85. The number of carbonyl (C=O) groups excluding carboxylic acids is 2. The van der Waals surface area contributed by atoms with E-state index in [2.05, 4.69) is 4.74 Å². The van der Waals surface area contributed by atoms with E-state index >= 15 is 0 Å². The molecule has 104 valence electrons. The van der Waals surface area contributed by atoms with Gasteiger partial charge in [0.25, 0.3) is 0 Å². The fraction of sp³-hybridized carbons (Fsp3) is 0.0769. The molecule has 0 radical (unpaired) electrons. The molecule has 0 aliphatic carbocycles. The topological polar surface area (TPSA) is 52.6 Å². The number of hydrogen-bond acceptors (Lipinski definition) is 5. The van der Waals surface area contributed by atoms with Gasteiger partial charge in [0.1, 0.15) is 0 Å². The minimum absolute atomic E-state index is 0.137. The van der Waals surface area contributed by atoms with Crippen molar-refractivity contribution in [1.29, 1.82) is 0 Å². The van der Waals surface area contributed by atoms with E-state index in [4.69, 9.17) is 27.9 Å². The van der Waals surface area contributed by atoms with E-state index < -0.39 is 11.9 Å². The van der Waals surface area contributed by atoms with Crippen molar-refractivity contribution in [3.05, 3.63) is 50.1 Å². The average molecular weight is 331 g/mol. The maximum absolute atomic E-state index is 12.0. The van der Waals surface area contributed by atoms with Gasteiger partial charge in [-0.3, -0.25) is 0 Å². The Morgan fingerprint density at radius 3 is 2.55 bits per heavy atom. The van der Waals surface area contributed by atoms with Crippen LogP contribution in [0.1, 0.15) is 20.0 Å². The van der Waals surface area contributed by atoms with Crippen LogP contribution in [0.3, 0.4) is 0 Å². The van der Waals surface area contributed by atoms with Gasteiger partial charge in [-0.15, -0.1) is 11.3 Å². The van der Waals surface area contributed by atoms with E-state index in [1.54, 1.807) is 5.38 Å². The van der Waals surface area contributed by atoms with Crippen molar-refractivity contribution in [1.82, 2.24) is 0 Å². The highest BCUT2D eigenvalue weighted by atomic mass is 35.5. The first-order valence-electron chi connectivity index (χ1n) is 5.36. The molecule has 0 saturated heterocycles. The standard InChI is InChI=1S/C13H8Cl2O4S/c1-18-13(17)11-10(4-5-20-11)19-12(16)8-3-2-7(14)6-9(8)15/h2-6H,1H3. The number of carbonyl (C=O) groups is 2. The predicted octanol–water partition coefficient (Wildman–Crippen LogP) is 4.06. The van der Waals surface area contributed by atoms with E-state index in [1.165, 1.54) is 31.4 Å². The van der Waals surface area contributed by atoms with Gasteiger partial charge in [0, 0.05) is 5.02 Å². The van der Waals surface area contributed by atoms with Gasteiger partial charge in [0.2, 0.25) is 0 Å². The summed E-state index contributed by atoms with van der Waals surface area (Å²) in [5.74, 6) is -1.10. The Labute approximate surface area is 128 Å². The monoisotopic (exact) mass is 330 g/mol. The molecule has 0 fully saturated rings. The molecule has 0 unspecified atom stereocenters. The highest BCUT2D eigenvalue weighted by Gasteiger charge is 2.19. The zero-order valence-corrected chi connectivity index (χ0v) is 12.5. The summed E-state index contributed by atoms with van der Waals surface area (Å²) in [6, 6.07) is 5.93. The van der Waals surface area contributed by atoms with Crippen LogP contribution in [-0.4, -0.2) is 19.0 Å². The van der Waals surface area contributed by atoms with Crippen LogP contribution in [0.25, 0.3) is 0 Å². The van der Waals surface area contributed by atoms with Crippen molar-refractivity contribution in [2.45, 2.75) is 0 Å². The molecule has 0 aliphatic heterocycles. The molecule has 0 atom stereocenters. The predicted molar refractivity (Wildman–Crippen MR) is 77.1 cm³/mol. The number of hydrogen-bond donors (Lipinski definition) is 0. The molecule has 0 N–H and O–H groups in total. The summed E-state index contributed by atoms with van der Waals surface area (Å²) in [5, 5.41) is 2.22. The molecular weight excluding hydrogens is 323 g/mol. The Hall–Kier alpha value is -1.56. The molecule has 1 aromatic carbocycles. The van der Waals surface area contributed by atoms with Gasteiger partial charge in [-0.05, 0) is 29.6 Å². The lowest BCUT2D eigenvalue weighted by molar-refractivity contribution is 0.0599. The fourth-order valence-electron chi connectivity index (χ4n) is 1.43. The van der Waals surface area contributed by atoms with Crippen molar-refractivity contribution in [2.75, 3.05) is 7.11 Å². The lowest BCUT2D eigenvalue weighted by Gasteiger charge is -2.06. The van der Waals surface area contributed by atoms with Crippen LogP contribution in [-0.2, 0) is 4.74 Å². The van der Waals surface area contributed by atoms with Gasteiger partial charge >= 0.3 is 11.9 Å². The number of methoxy groups -OCH3 is 1. The zero-order valence-electron chi connectivity index (χ0n) is 10.2. The third-order valence-electron chi connectivity index (χ3n) is 2.35. The van der Waals surface area contributed by atoms with Gasteiger partial charge in [0.05, 0.1) is 17.7 Å². The minimum Gasteiger partial charge on any atom is -0.465 e. The number of rotatable bonds is 3. The van der Waals surface area contributed by atoms with Gasteiger partial charge < -0.3 is 9.47 Å². The second kappa shape index (κ2) is 6.26. The van der Waals surface area contributed by atoms with Gasteiger partial charge in [0.15, 0.2) is 10.6 Å². The smallest absolute Gasteiger partial charge is 0.351 e. The van der Waals surface area contributed by atoms with Crippen molar-refractivity contribution in [2.24, 2.45) is 0 Å². The Kier molecular flexibility index (Phi) is 4.65. The number of esters is 2. The quantitative estimate of drug-likeness (QED) is 0.796. The van der Waals surface area contributed by atoms with Crippen LogP contribution < -0.4 is 4.74 Å². The third-order valence-corrected chi connectivity index (χ3v) is 3.78.